The van der Waals surface area contributed by atoms with Gasteiger partial charge in [0, 0.05) is 6.04 Å². The smallest absolute Gasteiger partial charge is 0.00416 e. The predicted octanol–water partition coefficient (Wildman–Crippen LogP) is 3.10. The van der Waals surface area contributed by atoms with Gasteiger partial charge >= 0.3 is 0 Å². The van der Waals surface area contributed by atoms with E-state index in [4.69, 9.17) is 0 Å². The molecule has 0 fully saturated rings. The summed E-state index contributed by atoms with van der Waals surface area (Å²) in [5.74, 6) is 0. The highest BCUT2D eigenvalue weighted by Crippen LogP contribution is 2.00. The standard InChI is InChI=1S/C14H30N2/c1-4-6-11-14(3)16-13-10-8-7-9-12-15-5-2/h4,14-16H,1,5-13H2,2-3H3/t14-/m1/s1. The maximum absolute atomic E-state index is 3.74. The maximum atomic E-state index is 3.74. The summed E-state index contributed by atoms with van der Waals surface area (Å²) in [6.45, 7) is 11.6. The van der Waals surface area contributed by atoms with Crippen LogP contribution in [0.25, 0.3) is 0 Å². The average Bonchev–Trinajstić information content (AvgIpc) is 2.30. The minimum Gasteiger partial charge on any atom is -0.317 e. The molecule has 0 spiro atoms. The number of hydrogen-bond donors (Lipinski definition) is 2. The Morgan fingerprint density at radius 2 is 1.81 bits per heavy atom. The van der Waals surface area contributed by atoms with Crippen molar-refractivity contribution in [1.29, 1.82) is 0 Å². The van der Waals surface area contributed by atoms with Gasteiger partial charge in [-0.2, -0.15) is 0 Å². The second-order valence-electron chi connectivity index (χ2n) is 4.49. The van der Waals surface area contributed by atoms with E-state index in [1.807, 2.05) is 6.08 Å². The van der Waals surface area contributed by atoms with Crippen molar-refractivity contribution in [3.8, 4) is 0 Å². The second kappa shape index (κ2) is 12.7. The Hall–Kier alpha value is -0.340. The summed E-state index contributed by atoms with van der Waals surface area (Å²) in [6, 6.07) is 0.639. The van der Waals surface area contributed by atoms with Gasteiger partial charge in [0.1, 0.15) is 0 Å². The molecule has 16 heavy (non-hydrogen) atoms. The third-order valence-electron chi connectivity index (χ3n) is 2.83. The minimum atomic E-state index is 0.639. The lowest BCUT2D eigenvalue weighted by atomic mass is 10.1. The summed E-state index contributed by atoms with van der Waals surface area (Å²) in [4.78, 5) is 0. The summed E-state index contributed by atoms with van der Waals surface area (Å²) in [5, 5.41) is 6.91. The fourth-order valence-electron chi connectivity index (χ4n) is 1.72. The molecule has 0 aliphatic carbocycles. The van der Waals surface area contributed by atoms with E-state index in [9.17, 15) is 0 Å². The van der Waals surface area contributed by atoms with Gasteiger partial charge in [0.05, 0.1) is 0 Å². The van der Waals surface area contributed by atoms with Crippen LogP contribution in [0, 0.1) is 0 Å². The summed E-state index contributed by atoms with van der Waals surface area (Å²) in [6.07, 6.45) is 9.67. The minimum absolute atomic E-state index is 0.639. The Morgan fingerprint density at radius 3 is 2.44 bits per heavy atom. The monoisotopic (exact) mass is 226 g/mol. The molecule has 0 rings (SSSR count). The van der Waals surface area contributed by atoms with Crippen LogP contribution in [0.5, 0.6) is 0 Å². The zero-order valence-corrected chi connectivity index (χ0v) is 11.2. The molecule has 0 radical (unpaired) electrons. The highest BCUT2D eigenvalue weighted by molar-refractivity contribution is 4.70. The molecule has 1 atom stereocenters. The van der Waals surface area contributed by atoms with E-state index in [1.165, 1.54) is 45.2 Å². The molecule has 2 nitrogen and oxygen atoms in total. The van der Waals surface area contributed by atoms with E-state index in [2.05, 4.69) is 31.1 Å². The molecule has 0 amide bonds. The van der Waals surface area contributed by atoms with Crippen LogP contribution in [0.3, 0.4) is 0 Å². The molecule has 0 saturated carbocycles. The highest BCUT2D eigenvalue weighted by atomic mass is 14.9. The van der Waals surface area contributed by atoms with Crippen molar-refractivity contribution in [2.24, 2.45) is 0 Å². The van der Waals surface area contributed by atoms with Crippen LogP contribution in [0.15, 0.2) is 12.7 Å². The van der Waals surface area contributed by atoms with Crippen molar-refractivity contribution in [3.63, 3.8) is 0 Å². The van der Waals surface area contributed by atoms with Crippen LogP contribution >= 0.6 is 0 Å². The molecule has 0 saturated heterocycles. The maximum Gasteiger partial charge on any atom is 0.00416 e. The van der Waals surface area contributed by atoms with Crippen LogP contribution in [0.2, 0.25) is 0 Å². The summed E-state index contributed by atoms with van der Waals surface area (Å²) < 4.78 is 0. The average molecular weight is 226 g/mol. The van der Waals surface area contributed by atoms with Crippen LogP contribution in [0.1, 0.15) is 52.4 Å². The highest BCUT2D eigenvalue weighted by Gasteiger charge is 1.98. The molecule has 0 heterocycles. The number of allylic oxidation sites excluding steroid dienone is 1. The first kappa shape index (κ1) is 15.7. The Labute approximate surface area is 102 Å². The SMILES string of the molecule is C=CCC[C@@H](C)NCCCCCCNCC. The van der Waals surface area contributed by atoms with Gasteiger partial charge in [-0.25, -0.2) is 0 Å². The summed E-state index contributed by atoms with van der Waals surface area (Å²) >= 11 is 0. The van der Waals surface area contributed by atoms with E-state index in [0.717, 1.165) is 13.0 Å². The van der Waals surface area contributed by atoms with Gasteiger partial charge in [-0.1, -0.05) is 25.8 Å². The molecular weight excluding hydrogens is 196 g/mol. The van der Waals surface area contributed by atoms with E-state index in [0.29, 0.717) is 6.04 Å². The molecule has 0 aliphatic heterocycles. The Balaban J connectivity index is 3.05. The molecule has 0 bridgehead atoms. The lowest BCUT2D eigenvalue weighted by molar-refractivity contribution is 0.494. The largest absolute Gasteiger partial charge is 0.317 e. The lowest BCUT2D eigenvalue weighted by Gasteiger charge is -2.12. The predicted molar refractivity (Wildman–Crippen MR) is 73.9 cm³/mol. The zero-order valence-electron chi connectivity index (χ0n) is 11.2. The number of unbranched alkanes of at least 4 members (excludes halogenated alkanes) is 3. The van der Waals surface area contributed by atoms with Gasteiger partial charge in [0.2, 0.25) is 0 Å². The van der Waals surface area contributed by atoms with Crippen molar-refractivity contribution >= 4 is 0 Å². The fourth-order valence-corrected chi connectivity index (χ4v) is 1.72. The van der Waals surface area contributed by atoms with Gasteiger partial charge in [-0.3, -0.25) is 0 Å². The first-order valence-electron chi connectivity index (χ1n) is 6.86. The van der Waals surface area contributed by atoms with Gasteiger partial charge in [0.25, 0.3) is 0 Å². The fraction of sp³-hybridized carbons (Fsp3) is 0.857. The lowest BCUT2D eigenvalue weighted by Crippen LogP contribution is -2.26. The molecule has 2 heteroatoms. The molecule has 0 aromatic carbocycles. The quantitative estimate of drug-likeness (QED) is 0.395. The van der Waals surface area contributed by atoms with Crippen molar-refractivity contribution in [3.05, 3.63) is 12.7 Å². The molecule has 0 aromatic rings. The van der Waals surface area contributed by atoms with Crippen LogP contribution in [-0.2, 0) is 0 Å². The third kappa shape index (κ3) is 11.7. The first-order valence-corrected chi connectivity index (χ1v) is 6.86. The summed E-state index contributed by atoms with van der Waals surface area (Å²) in [7, 11) is 0. The van der Waals surface area contributed by atoms with Crippen molar-refractivity contribution in [2.45, 2.75) is 58.4 Å². The van der Waals surface area contributed by atoms with Gasteiger partial charge in [-0.05, 0) is 52.2 Å². The number of rotatable bonds is 12. The zero-order chi connectivity index (χ0) is 12.1. The number of nitrogens with one attached hydrogen (secondary N) is 2. The van der Waals surface area contributed by atoms with Crippen molar-refractivity contribution in [2.75, 3.05) is 19.6 Å². The van der Waals surface area contributed by atoms with E-state index >= 15 is 0 Å². The van der Waals surface area contributed by atoms with Crippen molar-refractivity contribution in [1.82, 2.24) is 10.6 Å². The van der Waals surface area contributed by atoms with Gasteiger partial charge in [0.15, 0.2) is 0 Å². The van der Waals surface area contributed by atoms with Gasteiger partial charge in [-0.15, -0.1) is 6.58 Å². The van der Waals surface area contributed by atoms with Crippen LogP contribution < -0.4 is 10.6 Å². The van der Waals surface area contributed by atoms with Crippen molar-refractivity contribution < 1.29 is 0 Å². The van der Waals surface area contributed by atoms with E-state index in [1.54, 1.807) is 0 Å². The Bertz CT molecular complexity index is 146. The Kier molecular flexibility index (Phi) is 12.5. The molecule has 0 aromatic heterocycles. The molecule has 2 N–H and O–H groups in total. The molecule has 0 aliphatic rings. The number of hydrogen-bond acceptors (Lipinski definition) is 2. The van der Waals surface area contributed by atoms with Gasteiger partial charge < -0.3 is 10.6 Å². The molecule has 96 valence electrons. The van der Waals surface area contributed by atoms with E-state index < -0.39 is 0 Å². The topological polar surface area (TPSA) is 24.1 Å². The normalized spacial score (nSPS) is 12.6. The molecule has 0 unspecified atom stereocenters. The molecular formula is C14H30N2. The second-order valence-corrected chi connectivity index (χ2v) is 4.49. The van der Waals surface area contributed by atoms with Crippen LogP contribution in [-0.4, -0.2) is 25.7 Å². The van der Waals surface area contributed by atoms with Crippen LogP contribution in [0.4, 0.5) is 0 Å². The third-order valence-corrected chi connectivity index (χ3v) is 2.83. The first-order chi connectivity index (χ1) is 7.81. The summed E-state index contributed by atoms with van der Waals surface area (Å²) in [5.41, 5.74) is 0. The Morgan fingerprint density at radius 1 is 1.12 bits per heavy atom. The van der Waals surface area contributed by atoms with E-state index in [-0.39, 0.29) is 0 Å².